The molecule has 1 heterocycles. The summed E-state index contributed by atoms with van der Waals surface area (Å²) in [5.74, 6) is -0.713. The molecule has 0 spiro atoms. The van der Waals surface area contributed by atoms with E-state index in [1.807, 2.05) is 0 Å². The minimum atomic E-state index is -0.410. The van der Waals surface area contributed by atoms with Crippen LogP contribution in [0.3, 0.4) is 0 Å². The highest BCUT2D eigenvalue weighted by Gasteiger charge is 2.10. The standard InChI is InChI=1S/C19H16FN5O2/c1-12(26)22-14-6-8-15(9-7-14)23-18(27)17-10-11-21-19(25-17)24-16-4-2-13(20)3-5-16/h2-11H,1H3,(H,22,26)(H,23,27)(H,21,24,25). The van der Waals surface area contributed by atoms with Crippen LogP contribution in [0.5, 0.6) is 0 Å². The summed E-state index contributed by atoms with van der Waals surface area (Å²) in [6.07, 6.45) is 1.45. The first-order valence-corrected chi connectivity index (χ1v) is 8.04. The normalized spacial score (nSPS) is 10.1. The lowest BCUT2D eigenvalue weighted by Crippen LogP contribution is -2.15. The van der Waals surface area contributed by atoms with Crippen molar-refractivity contribution in [2.75, 3.05) is 16.0 Å². The fraction of sp³-hybridized carbons (Fsp3) is 0.0526. The molecule has 0 bridgehead atoms. The van der Waals surface area contributed by atoms with Crippen LogP contribution in [0.2, 0.25) is 0 Å². The van der Waals surface area contributed by atoms with E-state index >= 15 is 0 Å². The number of anilines is 4. The number of nitrogens with one attached hydrogen (secondary N) is 3. The first-order chi connectivity index (χ1) is 13.0. The summed E-state index contributed by atoms with van der Waals surface area (Å²) < 4.78 is 13.0. The van der Waals surface area contributed by atoms with Gasteiger partial charge in [-0.2, -0.15) is 0 Å². The zero-order chi connectivity index (χ0) is 19.2. The second kappa shape index (κ2) is 8.05. The number of rotatable bonds is 5. The molecule has 3 N–H and O–H groups in total. The molecule has 3 rings (SSSR count). The monoisotopic (exact) mass is 365 g/mol. The number of nitrogens with zero attached hydrogens (tertiary/aromatic N) is 2. The molecule has 136 valence electrons. The third kappa shape index (κ3) is 5.08. The van der Waals surface area contributed by atoms with Crippen molar-refractivity contribution in [1.29, 1.82) is 0 Å². The molecule has 7 nitrogen and oxygen atoms in total. The highest BCUT2D eigenvalue weighted by Crippen LogP contribution is 2.16. The summed E-state index contributed by atoms with van der Waals surface area (Å²) in [6, 6.07) is 13.9. The number of halogens is 1. The van der Waals surface area contributed by atoms with Crippen molar-refractivity contribution in [2.24, 2.45) is 0 Å². The number of benzene rings is 2. The molecule has 2 amide bonds. The first kappa shape index (κ1) is 18.0. The minimum Gasteiger partial charge on any atom is -0.326 e. The van der Waals surface area contributed by atoms with E-state index in [9.17, 15) is 14.0 Å². The molecule has 0 radical (unpaired) electrons. The van der Waals surface area contributed by atoms with E-state index in [1.54, 1.807) is 36.4 Å². The largest absolute Gasteiger partial charge is 0.326 e. The van der Waals surface area contributed by atoms with E-state index in [1.165, 1.54) is 31.3 Å². The van der Waals surface area contributed by atoms with Crippen molar-refractivity contribution < 1.29 is 14.0 Å². The SMILES string of the molecule is CC(=O)Nc1ccc(NC(=O)c2ccnc(Nc3ccc(F)cc3)n2)cc1. The Bertz CT molecular complexity index is 959. The number of carbonyl (C=O) groups is 2. The Kier molecular flexibility index (Phi) is 5.36. The van der Waals surface area contributed by atoms with Gasteiger partial charge in [0.2, 0.25) is 11.9 Å². The van der Waals surface area contributed by atoms with Gasteiger partial charge >= 0.3 is 0 Å². The van der Waals surface area contributed by atoms with Crippen LogP contribution in [0.25, 0.3) is 0 Å². The zero-order valence-electron chi connectivity index (χ0n) is 14.4. The lowest BCUT2D eigenvalue weighted by molar-refractivity contribution is -0.114. The molecule has 27 heavy (non-hydrogen) atoms. The van der Waals surface area contributed by atoms with Crippen LogP contribution in [0.15, 0.2) is 60.8 Å². The number of hydrogen-bond donors (Lipinski definition) is 3. The fourth-order valence-corrected chi connectivity index (χ4v) is 2.24. The predicted octanol–water partition coefficient (Wildman–Crippen LogP) is 3.57. The van der Waals surface area contributed by atoms with Crippen LogP contribution < -0.4 is 16.0 Å². The Hall–Kier alpha value is -3.81. The van der Waals surface area contributed by atoms with Crippen molar-refractivity contribution in [1.82, 2.24) is 9.97 Å². The number of hydrogen-bond acceptors (Lipinski definition) is 5. The highest BCUT2D eigenvalue weighted by atomic mass is 19.1. The number of amides is 2. The van der Waals surface area contributed by atoms with Gasteiger partial charge in [-0.05, 0) is 54.6 Å². The lowest BCUT2D eigenvalue weighted by atomic mass is 10.2. The average molecular weight is 365 g/mol. The molecule has 8 heteroatoms. The van der Waals surface area contributed by atoms with Gasteiger partial charge in [0.25, 0.3) is 5.91 Å². The first-order valence-electron chi connectivity index (χ1n) is 8.04. The molecular weight excluding hydrogens is 349 g/mol. The van der Waals surface area contributed by atoms with Crippen molar-refractivity contribution in [3.05, 3.63) is 72.3 Å². The van der Waals surface area contributed by atoms with E-state index in [-0.39, 0.29) is 23.4 Å². The minimum absolute atomic E-state index is 0.167. The highest BCUT2D eigenvalue weighted by molar-refractivity contribution is 6.03. The van der Waals surface area contributed by atoms with Gasteiger partial charge in [0, 0.05) is 30.2 Å². The maximum Gasteiger partial charge on any atom is 0.274 e. The van der Waals surface area contributed by atoms with E-state index in [0.717, 1.165) is 0 Å². The summed E-state index contributed by atoms with van der Waals surface area (Å²) in [5, 5.41) is 8.27. The molecular formula is C19H16FN5O2. The van der Waals surface area contributed by atoms with Crippen molar-refractivity contribution >= 4 is 34.8 Å². The second-order valence-corrected chi connectivity index (χ2v) is 5.61. The van der Waals surface area contributed by atoms with Gasteiger partial charge in [0.1, 0.15) is 11.5 Å². The third-order valence-electron chi connectivity index (χ3n) is 3.45. The Morgan fingerprint density at radius 1 is 0.852 bits per heavy atom. The smallest absolute Gasteiger partial charge is 0.274 e. The van der Waals surface area contributed by atoms with Gasteiger partial charge in [-0.25, -0.2) is 14.4 Å². The molecule has 2 aromatic carbocycles. The maximum atomic E-state index is 13.0. The maximum absolute atomic E-state index is 13.0. The van der Waals surface area contributed by atoms with Crippen LogP contribution >= 0.6 is 0 Å². The van der Waals surface area contributed by atoms with Gasteiger partial charge in [-0.1, -0.05) is 0 Å². The van der Waals surface area contributed by atoms with Gasteiger partial charge in [-0.3, -0.25) is 9.59 Å². The molecule has 3 aromatic rings. The van der Waals surface area contributed by atoms with Gasteiger partial charge < -0.3 is 16.0 Å². The topological polar surface area (TPSA) is 96.0 Å². The molecule has 0 aliphatic rings. The molecule has 0 unspecified atom stereocenters. The third-order valence-corrected chi connectivity index (χ3v) is 3.45. The Balaban J connectivity index is 1.67. The van der Waals surface area contributed by atoms with Gasteiger partial charge in [0.15, 0.2) is 0 Å². The molecule has 0 aliphatic heterocycles. The van der Waals surface area contributed by atoms with Crippen molar-refractivity contribution in [3.63, 3.8) is 0 Å². The van der Waals surface area contributed by atoms with Gasteiger partial charge in [0.05, 0.1) is 0 Å². The molecule has 0 saturated carbocycles. The number of aromatic nitrogens is 2. The lowest BCUT2D eigenvalue weighted by Gasteiger charge is -2.08. The van der Waals surface area contributed by atoms with Crippen molar-refractivity contribution in [3.8, 4) is 0 Å². The van der Waals surface area contributed by atoms with Crippen LogP contribution in [0, 0.1) is 5.82 Å². The van der Waals surface area contributed by atoms with Crippen LogP contribution in [-0.4, -0.2) is 21.8 Å². The summed E-state index contributed by atoms with van der Waals surface area (Å²) in [7, 11) is 0. The second-order valence-electron chi connectivity index (χ2n) is 5.61. The Labute approximate surface area is 154 Å². The molecule has 0 atom stereocenters. The van der Waals surface area contributed by atoms with E-state index in [4.69, 9.17) is 0 Å². The summed E-state index contributed by atoms with van der Waals surface area (Å²) in [4.78, 5) is 31.6. The molecule has 0 aliphatic carbocycles. The zero-order valence-corrected chi connectivity index (χ0v) is 14.4. The van der Waals surface area contributed by atoms with Crippen LogP contribution in [-0.2, 0) is 4.79 Å². The van der Waals surface area contributed by atoms with Gasteiger partial charge in [-0.15, -0.1) is 0 Å². The molecule has 0 saturated heterocycles. The molecule has 1 aromatic heterocycles. The summed E-state index contributed by atoms with van der Waals surface area (Å²) in [5.41, 5.74) is 1.96. The Morgan fingerprint density at radius 2 is 1.44 bits per heavy atom. The quantitative estimate of drug-likeness (QED) is 0.642. The van der Waals surface area contributed by atoms with E-state index < -0.39 is 5.91 Å². The van der Waals surface area contributed by atoms with Crippen molar-refractivity contribution in [2.45, 2.75) is 6.92 Å². The summed E-state index contributed by atoms with van der Waals surface area (Å²) in [6.45, 7) is 1.42. The molecule has 0 fully saturated rings. The fourth-order valence-electron chi connectivity index (χ4n) is 2.24. The average Bonchev–Trinajstić information content (AvgIpc) is 2.65. The predicted molar refractivity (Wildman–Crippen MR) is 100 cm³/mol. The van der Waals surface area contributed by atoms with Crippen LogP contribution in [0.4, 0.5) is 27.4 Å². The Morgan fingerprint density at radius 3 is 2.07 bits per heavy atom. The summed E-state index contributed by atoms with van der Waals surface area (Å²) >= 11 is 0. The number of carbonyl (C=O) groups excluding carboxylic acids is 2. The van der Waals surface area contributed by atoms with Crippen LogP contribution in [0.1, 0.15) is 17.4 Å². The van der Waals surface area contributed by atoms with E-state index in [0.29, 0.717) is 17.1 Å². The van der Waals surface area contributed by atoms with E-state index in [2.05, 4.69) is 25.9 Å².